The maximum atomic E-state index is 12.9. The molecule has 1 N–H and O–H groups in total. The van der Waals surface area contributed by atoms with Crippen LogP contribution in [0, 0.1) is 5.82 Å². The molecule has 0 radical (unpaired) electrons. The van der Waals surface area contributed by atoms with Crippen molar-refractivity contribution in [2.24, 2.45) is 0 Å². The standard InChI is InChI=1S/C11H10FNS/c12-8-1-2-10-7(5-8)6-11(14-10)9-3-4-13-9/h1-2,5-6,9,13H,3-4H2. The average Bonchev–Trinajstić information content (AvgIpc) is 2.43. The first-order valence-corrected chi connectivity index (χ1v) is 5.57. The Balaban J connectivity index is 2.10. The quantitative estimate of drug-likeness (QED) is 0.757. The molecule has 3 heteroatoms. The van der Waals surface area contributed by atoms with Crippen molar-refractivity contribution in [2.45, 2.75) is 12.5 Å². The van der Waals surface area contributed by atoms with Crippen molar-refractivity contribution in [3.05, 3.63) is 35.0 Å². The zero-order chi connectivity index (χ0) is 9.54. The van der Waals surface area contributed by atoms with Crippen LogP contribution in [-0.4, -0.2) is 6.54 Å². The lowest BCUT2D eigenvalue weighted by atomic mass is 10.1. The minimum absolute atomic E-state index is 0.150. The van der Waals surface area contributed by atoms with Crippen molar-refractivity contribution in [1.29, 1.82) is 0 Å². The first-order valence-electron chi connectivity index (χ1n) is 4.75. The van der Waals surface area contributed by atoms with Crippen LogP contribution in [0.3, 0.4) is 0 Å². The maximum absolute atomic E-state index is 12.9. The number of fused-ring (bicyclic) bond motifs is 1. The van der Waals surface area contributed by atoms with Crippen molar-refractivity contribution < 1.29 is 4.39 Å². The lowest BCUT2D eigenvalue weighted by molar-refractivity contribution is 0.389. The molecule has 72 valence electrons. The number of benzene rings is 1. The van der Waals surface area contributed by atoms with Gasteiger partial charge in [-0.1, -0.05) is 0 Å². The van der Waals surface area contributed by atoms with E-state index in [1.54, 1.807) is 17.4 Å². The molecule has 0 bridgehead atoms. The van der Waals surface area contributed by atoms with E-state index in [4.69, 9.17) is 0 Å². The fraction of sp³-hybridized carbons (Fsp3) is 0.273. The van der Waals surface area contributed by atoms with Crippen molar-refractivity contribution in [2.75, 3.05) is 6.54 Å². The van der Waals surface area contributed by atoms with E-state index in [0.29, 0.717) is 6.04 Å². The number of thiophene rings is 1. The molecular formula is C11H10FNS. The smallest absolute Gasteiger partial charge is 0.123 e. The Labute approximate surface area is 85.6 Å². The molecule has 1 nitrogen and oxygen atoms in total. The molecule has 14 heavy (non-hydrogen) atoms. The van der Waals surface area contributed by atoms with Crippen LogP contribution in [0.2, 0.25) is 0 Å². The van der Waals surface area contributed by atoms with Gasteiger partial charge in [-0.3, -0.25) is 0 Å². The van der Waals surface area contributed by atoms with E-state index in [0.717, 1.165) is 11.9 Å². The maximum Gasteiger partial charge on any atom is 0.123 e. The van der Waals surface area contributed by atoms with Crippen LogP contribution in [0.1, 0.15) is 17.3 Å². The summed E-state index contributed by atoms with van der Waals surface area (Å²) in [7, 11) is 0. The minimum Gasteiger partial charge on any atom is -0.309 e. The summed E-state index contributed by atoms with van der Waals surface area (Å²) >= 11 is 1.76. The molecule has 1 atom stereocenters. The average molecular weight is 207 g/mol. The third-order valence-corrected chi connectivity index (χ3v) is 3.89. The van der Waals surface area contributed by atoms with Crippen molar-refractivity contribution in [3.63, 3.8) is 0 Å². The molecule has 1 aliphatic rings. The van der Waals surface area contributed by atoms with E-state index in [9.17, 15) is 4.39 Å². The summed E-state index contributed by atoms with van der Waals surface area (Å²) in [6.07, 6.45) is 1.20. The highest BCUT2D eigenvalue weighted by atomic mass is 32.1. The zero-order valence-electron chi connectivity index (χ0n) is 7.59. The highest BCUT2D eigenvalue weighted by Crippen LogP contribution is 2.33. The predicted molar refractivity (Wildman–Crippen MR) is 57.1 cm³/mol. The normalized spacial score (nSPS) is 21.1. The third kappa shape index (κ3) is 1.24. The Hall–Kier alpha value is -0.930. The van der Waals surface area contributed by atoms with Gasteiger partial charge < -0.3 is 5.32 Å². The van der Waals surface area contributed by atoms with Gasteiger partial charge in [0.2, 0.25) is 0 Å². The van der Waals surface area contributed by atoms with Crippen LogP contribution < -0.4 is 5.32 Å². The van der Waals surface area contributed by atoms with E-state index in [1.165, 1.54) is 22.1 Å². The molecule has 1 saturated heterocycles. The van der Waals surface area contributed by atoms with Crippen molar-refractivity contribution >= 4 is 21.4 Å². The van der Waals surface area contributed by atoms with E-state index in [2.05, 4.69) is 11.4 Å². The van der Waals surface area contributed by atoms with Gasteiger partial charge >= 0.3 is 0 Å². The Bertz CT molecular complexity index is 473. The van der Waals surface area contributed by atoms with E-state index in [-0.39, 0.29) is 5.82 Å². The van der Waals surface area contributed by atoms with Crippen molar-refractivity contribution in [3.8, 4) is 0 Å². The molecule has 0 saturated carbocycles. The second-order valence-electron chi connectivity index (χ2n) is 3.63. The van der Waals surface area contributed by atoms with Gasteiger partial charge in [0.1, 0.15) is 5.82 Å². The van der Waals surface area contributed by atoms with Gasteiger partial charge in [-0.05, 0) is 42.6 Å². The Morgan fingerprint density at radius 3 is 2.93 bits per heavy atom. The minimum atomic E-state index is -0.150. The molecule has 1 unspecified atom stereocenters. The van der Waals surface area contributed by atoms with Crippen molar-refractivity contribution in [1.82, 2.24) is 5.32 Å². The summed E-state index contributed by atoms with van der Waals surface area (Å²) in [5, 5.41) is 4.38. The van der Waals surface area contributed by atoms with Gasteiger partial charge in [-0.2, -0.15) is 0 Å². The van der Waals surface area contributed by atoms with Crippen LogP contribution >= 0.6 is 11.3 Å². The van der Waals surface area contributed by atoms with Crippen LogP contribution in [0.15, 0.2) is 24.3 Å². The number of rotatable bonds is 1. The molecule has 1 aromatic heterocycles. The lowest BCUT2D eigenvalue weighted by Gasteiger charge is -2.26. The van der Waals surface area contributed by atoms with E-state index < -0.39 is 0 Å². The van der Waals surface area contributed by atoms with Crippen LogP contribution in [0.5, 0.6) is 0 Å². The predicted octanol–water partition coefficient (Wildman–Crippen LogP) is 3.07. The molecular weight excluding hydrogens is 197 g/mol. The first-order chi connectivity index (χ1) is 6.83. The van der Waals surface area contributed by atoms with Gasteiger partial charge in [0, 0.05) is 15.6 Å². The van der Waals surface area contributed by atoms with Gasteiger partial charge in [-0.25, -0.2) is 4.39 Å². The van der Waals surface area contributed by atoms with Gasteiger partial charge in [0.15, 0.2) is 0 Å². The van der Waals surface area contributed by atoms with Gasteiger partial charge in [-0.15, -0.1) is 11.3 Å². The van der Waals surface area contributed by atoms with E-state index in [1.807, 2.05) is 6.07 Å². The van der Waals surface area contributed by atoms with Crippen LogP contribution in [0.25, 0.3) is 10.1 Å². The summed E-state index contributed by atoms with van der Waals surface area (Å²) < 4.78 is 14.1. The van der Waals surface area contributed by atoms with E-state index >= 15 is 0 Å². The largest absolute Gasteiger partial charge is 0.309 e. The zero-order valence-corrected chi connectivity index (χ0v) is 8.40. The fourth-order valence-electron chi connectivity index (χ4n) is 1.74. The Morgan fingerprint density at radius 2 is 2.21 bits per heavy atom. The number of hydrogen-bond donors (Lipinski definition) is 1. The monoisotopic (exact) mass is 207 g/mol. The second kappa shape index (κ2) is 3.04. The molecule has 1 fully saturated rings. The lowest BCUT2D eigenvalue weighted by Crippen LogP contribution is -2.34. The third-order valence-electron chi connectivity index (χ3n) is 2.66. The molecule has 0 aliphatic carbocycles. The Morgan fingerprint density at radius 1 is 1.36 bits per heavy atom. The number of halogens is 1. The summed E-state index contributed by atoms with van der Waals surface area (Å²) in [6, 6.07) is 7.60. The summed E-state index contributed by atoms with van der Waals surface area (Å²) in [6.45, 7) is 1.10. The summed E-state index contributed by atoms with van der Waals surface area (Å²) in [5.74, 6) is -0.150. The molecule has 3 rings (SSSR count). The number of nitrogens with one attached hydrogen (secondary N) is 1. The van der Waals surface area contributed by atoms with Gasteiger partial charge in [0.25, 0.3) is 0 Å². The topological polar surface area (TPSA) is 12.0 Å². The molecule has 0 spiro atoms. The first kappa shape index (κ1) is 8.38. The highest BCUT2D eigenvalue weighted by molar-refractivity contribution is 7.19. The SMILES string of the molecule is Fc1ccc2sc(C3CCN3)cc2c1. The second-order valence-corrected chi connectivity index (χ2v) is 4.74. The van der Waals surface area contributed by atoms with Gasteiger partial charge in [0.05, 0.1) is 0 Å². The molecule has 1 aromatic carbocycles. The fourth-order valence-corrected chi connectivity index (χ4v) is 2.89. The summed E-state index contributed by atoms with van der Waals surface area (Å²) in [4.78, 5) is 1.33. The molecule has 2 heterocycles. The molecule has 1 aliphatic heterocycles. The molecule has 2 aromatic rings. The summed E-state index contributed by atoms with van der Waals surface area (Å²) in [5.41, 5.74) is 0. The Kier molecular flexibility index (Phi) is 1.82. The van der Waals surface area contributed by atoms with Crippen LogP contribution in [-0.2, 0) is 0 Å². The van der Waals surface area contributed by atoms with Crippen LogP contribution in [0.4, 0.5) is 4.39 Å². The molecule has 0 amide bonds. The highest BCUT2D eigenvalue weighted by Gasteiger charge is 2.20. The number of hydrogen-bond acceptors (Lipinski definition) is 2.